The molecular weight excluding hydrogens is 476 g/mol. The van der Waals surface area contributed by atoms with Crippen molar-refractivity contribution in [2.24, 2.45) is 0 Å². The average Bonchev–Trinajstić information content (AvgIpc) is 3.50. The quantitative estimate of drug-likeness (QED) is 0.378. The van der Waals surface area contributed by atoms with E-state index in [2.05, 4.69) is 39.6 Å². The summed E-state index contributed by atoms with van der Waals surface area (Å²) in [6.07, 6.45) is 4.42. The molecule has 2 heterocycles. The number of imidazole rings is 1. The number of aryl methyl sites for hydroxylation is 2. The van der Waals surface area contributed by atoms with Crippen molar-refractivity contribution in [2.75, 3.05) is 13.2 Å². The lowest BCUT2D eigenvalue weighted by Gasteiger charge is -2.21. The molecule has 0 radical (unpaired) electrons. The maximum atomic E-state index is 13.5. The maximum absolute atomic E-state index is 13.5. The molecule has 0 spiro atoms. The second-order valence-corrected chi connectivity index (χ2v) is 10.4. The SMILES string of the molecule is Cc1nc2ccc(-c3ccc4c(c3)CN(C(=O)c3ccc(C(=O)NC5CCCC5)c(C)c3)CCO4)cc2[nH]1. The van der Waals surface area contributed by atoms with E-state index in [4.69, 9.17) is 4.74 Å². The summed E-state index contributed by atoms with van der Waals surface area (Å²) in [4.78, 5) is 35.9. The van der Waals surface area contributed by atoms with Gasteiger partial charge in [-0.15, -0.1) is 0 Å². The Kier molecular flexibility index (Phi) is 6.35. The van der Waals surface area contributed by atoms with E-state index in [-0.39, 0.29) is 17.9 Å². The molecule has 194 valence electrons. The summed E-state index contributed by atoms with van der Waals surface area (Å²) < 4.78 is 6.00. The Balaban J connectivity index is 1.21. The molecule has 0 unspecified atom stereocenters. The number of benzene rings is 3. The van der Waals surface area contributed by atoms with Crippen molar-refractivity contribution in [3.05, 3.63) is 82.7 Å². The molecule has 1 saturated carbocycles. The second-order valence-electron chi connectivity index (χ2n) is 10.4. The highest BCUT2D eigenvalue weighted by Gasteiger charge is 2.24. The smallest absolute Gasteiger partial charge is 0.254 e. The van der Waals surface area contributed by atoms with Crippen molar-refractivity contribution in [1.82, 2.24) is 20.2 Å². The molecule has 38 heavy (non-hydrogen) atoms. The summed E-state index contributed by atoms with van der Waals surface area (Å²) in [7, 11) is 0. The molecule has 4 aromatic rings. The Labute approximate surface area is 222 Å². The molecule has 3 aromatic carbocycles. The van der Waals surface area contributed by atoms with Crippen molar-refractivity contribution in [3.63, 3.8) is 0 Å². The number of amides is 2. The van der Waals surface area contributed by atoms with Crippen LogP contribution >= 0.6 is 0 Å². The van der Waals surface area contributed by atoms with Gasteiger partial charge >= 0.3 is 0 Å². The zero-order valence-electron chi connectivity index (χ0n) is 21.8. The molecule has 1 aliphatic carbocycles. The zero-order valence-corrected chi connectivity index (χ0v) is 21.8. The Morgan fingerprint density at radius 1 is 1.00 bits per heavy atom. The minimum atomic E-state index is -0.0629. The summed E-state index contributed by atoms with van der Waals surface area (Å²) in [5, 5.41) is 3.14. The van der Waals surface area contributed by atoms with E-state index in [9.17, 15) is 9.59 Å². The van der Waals surface area contributed by atoms with E-state index in [0.717, 1.165) is 57.7 Å². The van der Waals surface area contributed by atoms with Crippen LogP contribution in [0.15, 0.2) is 54.6 Å². The monoisotopic (exact) mass is 508 g/mol. The molecule has 1 fully saturated rings. The van der Waals surface area contributed by atoms with Gasteiger partial charge < -0.3 is 19.9 Å². The van der Waals surface area contributed by atoms with E-state index in [1.165, 1.54) is 12.8 Å². The third-order valence-corrected chi connectivity index (χ3v) is 7.67. The van der Waals surface area contributed by atoms with Gasteiger partial charge in [0.2, 0.25) is 0 Å². The number of hydrogen-bond acceptors (Lipinski definition) is 4. The highest BCUT2D eigenvalue weighted by molar-refractivity contribution is 5.99. The van der Waals surface area contributed by atoms with E-state index in [1.807, 2.05) is 36.9 Å². The number of nitrogens with zero attached hydrogens (tertiary/aromatic N) is 2. The first-order valence-corrected chi connectivity index (χ1v) is 13.4. The van der Waals surface area contributed by atoms with Gasteiger partial charge in [0, 0.05) is 29.3 Å². The van der Waals surface area contributed by atoms with Gasteiger partial charge in [-0.05, 0) is 85.8 Å². The van der Waals surface area contributed by atoms with Gasteiger partial charge in [0.25, 0.3) is 11.8 Å². The van der Waals surface area contributed by atoms with Gasteiger partial charge in [-0.3, -0.25) is 9.59 Å². The number of nitrogens with one attached hydrogen (secondary N) is 2. The fourth-order valence-electron chi connectivity index (χ4n) is 5.63. The minimum absolute atomic E-state index is 0.0542. The molecule has 0 bridgehead atoms. The van der Waals surface area contributed by atoms with Crippen LogP contribution in [0.3, 0.4) is 0 Å². The number of carbonyl (C=O) groups excluding carboxylic acids is 2. The third kappa shape index (κ3) is 4.76. The lowest BCUT2D eigenvalue weighted by atomic mass is 10.0. The van der Waals surface area contributed by atoms with Crippen LogP contribution in [0.5, 0.6) is 5.75 Å². The molecule has 2 amide bonds. The molecule has 2 aliphatic rings. The van der Waals surface area contributed by atoms with Gasteiger partial charge in [0.1, 0.15) is 18.2 Å². The molecule has 1 aromatic heterocycles. The third-order valence-electron chi connectivity index (χ3n) is 7.67. The van der Waals surface area contributed by atoms with E-state index < -0.39 is 0 Å². The first kappa shape index (κ1) is 24.2. The molecule has 0 atom stereocenters. The Morgan fingerprint density at radius 3 is 2.61 bits per heavy atom. The topological polar surface area (TPSA) is 87.3 Å². The molecule has 6 rings (SSSR count). The predicted octanol–water partition coefficient (Wildman–Crippen LogP) is 5.55. The summed E-state index contributed by atoms with van der Waals surface area (Å²) >= 11 is 0. The van der Waals surface area contributed by atoms with Crippen LogP contribution in [-0.4, -0.2) is 45.9 Å². The summed E-state index contributed by atoms with van der Waals surface area (Å²) in [5.74, 6) is 1.57. The van der Waals surface area contributed by atoms with Crippen LogP contribution in [0.4, 0.5) is 0 Å². The number of carbonyl (C=O) groups is 2. The number of fused-ring (bicyclic) bond motifs is 2. The lowest BCUT2D eigenvalue weighted by molar-refractivity contribution is 0.0732. The van der Waals surface area contributed by atoms with E-state index in [0.29, 0.717) is 30.8 Å². The van der Waals surface area contributed by atoms with Crippen molar-refractivity contribution >= 4 is 22.8 Å². The predicted molar refractivity (Wildman–Crippen MR) is 147 cm³/mol. The Hall–Kier alpha value is -4.13. The van der Waals surface area contributed by atoms with Crippen LogP contribution < -0.4 is 10.1 Å². The highest BCUT2D eigenvalue weighted by atomic mass is 16.5. The number of aromatic amines is 1. The van der Waals surface area contributed by atoms with E-state index in [1.54, 1.807) is 12.1 Å². The standard InChI is InChI=1S/C31H32N4O3/c1-19-15-23(7-10-26(19)30(36)34-25-5-3-4-6-25)31(37)35-13-14-38-29-12-9-21(16-24(29)18-35)22-8-11-27-28(17-22)33-20(2)32-27/h7-12,15-17,25H,3-6,13-14,18H2,1-2H3,(H,32,33)(H,34,36). The fraction of sp³-hybridized carbons (Fsp3) is 0.323. The number of ether oxygens (including phenoxy) is 1. The van der Waals surface area contributed by atoms with Crippen molar-refractivity contribution in [2.45, 2.75) is 52.1 Å². The second kappa shape index (κ2) is 9.97. The summed E-state index contributed by atoms with van der Waals surface area (Å²) in [6, 6.07) is 18.0. The molecule has 2 N–H and O–H groups in total. The summed E-state index contributed by atoms with van der Waals surface area (Å²) in [5.41, 5.74) is 7.07. The van der Waals surface area contributed by atoms with Gasteiger partial charge in [-0.1, -0.05) is 25.0 Å². The maximum Gasteiger partial charge on any atom is 0.254 e. The minimum Gasteiger partial charge on any atom is -0.491 e. The van der Waals surface area contributed by atoms with Crippen molar-refractivity contribution in [1.29, 1.82) is 0 Å². The van der Waals surface area contributed by atoms with Gasteiger partial charge in [0.05, 0.1) is 17.6 Å². The van der Waals surface area contributed by atoms with Crippen LogP contribution in [0.25, 0.3) is 22.2 Å². The molecule has 7 nitrogen and oxygen atoms in total. The Bertz CT molecular complexity index is 1530. The summed E-state index contributed by atoms with van der Waals surface area (Å²) in [6.45, 7) is 5.22. The zero-order chi connectivity index (χ0) is 26.2. The molecule has 0 saturated heterocycles. The normalized spacial score (nSPS) is 15.7. The average molecular weight is 509 g/mol. The number of aromatic nitrogens is 2. The van der Waals surface area contributed by atoms with Crippen LogP contribution in [0.2, 0.25) is 0 Å². The van der Waals surface area contributed by atoms with Gasteiger partial charge in [-0.25, -0.2) is 4.98 Å². The van der Waals surface area contributed by atoms with Crippen LogP contribution in [0, 0.1) is 13.8 Å². The van der Waals surface area contributed by atoms with E-state index >= 15 is 0 Å². The lowest BCUT2D eigenvalue weighted by Crippen LogP contribution is -2.34. The largest absolute Gasteiger partial charge is 0.491 e. The molecule has 1 aliphatic heterocycles. The highest BCUT2D eigenvalue weighted by Crippen LogP contribution is 2.31. The van der Waals surface area contributed by atoms with Crippen LogP contribution in [0.1, 0.15) is 63.4 Å². The van der Waals surface area contributed by atoms with Gasteiger partial charge in [0.15, 0.2) is 0 Å². The number of rotatable bonds is 4. The Morgan fingerprint density at radius 2 is 1.79 bits per heavy atom. The first-order chi connectivity index (χ1) is 18.4. The molecule has 7 heteroatoms. The van der Waals surface area contributed by atoms with Gasteiger partial charge in [-0.2, -0.15) is 0 Å². The van der Waals surface area contributed by atoms with Crippen molar-refractivity contribution < 1.29 is 14.3 Å². The number of H-pyrrole nitrogens is 1. The fourth-order valence-corrected chi connectivity index (χ4v) is 5.63. The number of hydrogen-bond donors (Lipinski definition) is 2. The molecular formula is C31H32N4O3. The first-order valence-electron chi connectivity index (χ1n) is 13.4. The van der Waals surface area contributed by atoms with Crippen molar-refractivity contribution in [3.8, 4) is 16.9 Å². The van der Waals surface area contributed by atoms with Crippen LogP contribution in [-0.2, 0) is 6.54 Å².